The molecule has 1 unspecified atom stereocenters. The highest BCUT2D eigenvalue weighted by Gasteiger charge is 2.22. The molecule has 1 aliphatic heterocycles. The van der Waals surface area contributed by atoms with Crippen LogP contribution in [-0.4, -0.2) is 33.0 Å². The molecule has 1 N–H and O–H groups in total. The van der Waals surface area contributed by atoms with Gasteiger partial charge in [-0.1, -0.05) is 24.9 Å². The number of rotatable bonds is 3. The minimum atomic E-state index is 0.341. The Balaban J connectivity index is 1.71. The second kappa shape index (κ2) is 5.85. The molecule has 7 heteroatoms. The molecule has 0 bridgehead atoms. The average Bonchev–Trinajstić information content (AvgIpc) is 3.24. The highest BCUT2D eigenvalue weighted by atomic mass is 35.5. The van der Waals surface area contributed by atoms with Crippen LogP contribution in [0, 0.1) is 5.92 Å². The molecular formula is C16H18ClN5O. The predicted octanol–water partition coefficient (Wildman–Crippen LogP) is 3.89. The van der Waals surface area contributed by atoms with Crippen molar-refractivity contribution in [1.29, 1.82) is 0 Å². The molecule has 0 aliphatic carbocycles. The van der Waals surface area contributed by atoms with E-state index in [1.165, 1.54) is 19.3 Å². The molecular weight excluding hydrogens is 314 g/mol. The zero-order chi connectivity index (χ0) is 15.8. The van der Waals surface area contributed by atoms with Gasteiger partial charge >= 0.3 is 0 Å². The second-order valence-corrected chi connectivity index (χ2v) is 6.29. The number of hydrogen-bond donors (Lipinski definition) is 1. The van der Waals surface area contributed by atoms with Crippen LogP contribution < -0.4 is 4.90 Å². The first-order valence-electron chi connectivity index (χ1n) is 7.96. The fourth-order valence-electron chi connectivity index (χ4n) is 3.11. The van der Waals surface area contributed by atoms with Gasteiger partial charge in [-0.05, 0) is 30.9 Å². The van der Waals surface area contributed by atoms with E-state index >= 15 is 0 Å². The van der Waals surface area contributed by atoms with Gasteiger partial charge in [0.2, 0.25) is 5.95 Å². The van der Waals surface area contributed by atoms with Gasteiger partial charge in [-0.2, -0.15) is 0 Å². The summed E-state index contributed by atoms with van der Waals surface area (Å²) in [6, 6.07) is 3.61. The molecule has 3 aromatic heterocycles. The highest BCUT2D eigenvalue weighted by molar-refractivity contribution is 6.33. The summed E-state index contributed by atoms with van der Waals surface area (Å²) in [6.07, 6.45) is 5.26. The van der Waals surface area contributed by atoms with Crippen LogP contribution in [-0.2, 0) is 0 Å². The molecule has 1 atom stereocenters. The fourth-order valence-corrected chi connectivity index (χ4v) is 3.32. The van der Waals surface area contributed by atoms with Gasteiger partial charge in [0, 0.05) is 13.1 Å². The number of aromatic amines is 1. The molecule has 4 rings (SSSR count). The van der Waals surface area contributed by atoms with Gasteiger partial charge in [-0.15, -0.1) is 0 Å². The maximum atomic E-state index is 6.29. The molecule has 1 fully saturated rings. The number of nitrogens with zero attached hydrogens (tertiary/aromatic N) is 4. The van der Waals surface area contributed by atoms with Crippen LogP contribution in [0.4, 0.5) is 5.95 Å². The Morgan fingerprint density at radius 2 is 2.30 bits per heavy atom. The van der Waals surface area contributed by atoms with Crippen molar-refractivity contribution in [3.05, 3.63) is 23.5 Å². The summed E-state index contributed by atoms with van der Waals surface area (Å²) < 4.78 is 5.35. The Labute approximate surface area is 138 Å². The highest BCUT2D eigenvalue weighted by Crippen LogP contribution is 2.28. The summed E-state index contributed by atoms with van der Waals surface area (Å²) >= 11 is 6.29. The summed E-state index contributed by atoms with van der Waals surface area (Å²) in [5.41, 5.74) is 1.25. The molecule has 6 nitrogen and oxygen atoms in total. The average molecular weight is 332 g/mol. The number of fused-ring (bicyclic) bond motifs is 1. The molecule has 23 heavy (non-hydrogen) atoms. The molecule has 1 saturated heterocycles. The number of H-pyrrole nitrogens is 1. The lowest BCUT2D eigenvalue weighted by molar-refractivity contribution is 0.401. The molecule has 0 amide bonds. The van der Waals surface area contributed by atoms with Gasteiger partial charge < -0.3 is 14.3 Å². The molecule has 0 aromatic carbocycles. The fraction of sp³-hybridized carbons (Fsp3) is 0.438. The number of piperidine rings is 1. The van der Waals surface area contributed by atoms with Gasteiger partial charge in [0.25, 0.3) is 0 Å². The first-order chi connectivity index (χ1) is 11.2. The van der Waals surface area contributed by atoms with Crippen LogP contribution in [0.2, 0.25) is 5.15 Å². The van der Waals surface area contributed by atoms with Crippen LogP contribution in [0.25, 0.3) is 22.7 Å². The third-order valence-electron chi connectivity index (χ3n) is 4.43. The Bertz CT molecular complexity index is 813. The van der Waals surface area contributed by atoms with Crippen molar-refractivity contribution >= 4 is 28.7 Å². The Kier molecular flexibility index (Phi) is 3.69. The number of furan rings is 1. The van der Waals surface area contributed by atoms with Gasteiger partial charge in [0.15, 0.2) is 22.4 Å². The SMILES string of the molecule is CCC1CCCN(c2nc3c(Cl)nc(-c4ccco4)nc3[nH]2)C1. The molecule has 3 aromatic rings. The van der Waals surface area contributed by atoms with Gasteiger partial charge in [0.1, 0.15) is 5.52 Å². The Hall–Kier alpha value is -2.08. The maximum absolute atomic E-state index is 6.29. The number of aromatic nitrogens is 4. The Morgan fingerprint density at radius 3 is 3.09 bits per heavy atom. The van der Waals surface area contributed by atoms with E-state index < -0.39 is 0 Å². The van der Waals surface area contributed by atoms with Gasteiger partial charge in [-0.3, -0.25) is 0 Å². The minimum Gasteiger partial charge on any atom is -0.461 e. The van der Waals surface area contributed by atoms with Crippen molar-refractivity contribution in [1.82, 2.24) is 19.9 Å². The van der Waals surface area contributed by atoms with E-state index in [1.54, 1.807) is 12.3 Å². The number of hydrogen-bond acceptors (Lipinski definition) is 5. The molecule has 0 saturated carbocycles. The number of anilines is 1. The topological polar surface area (TPSA) is 70.8 Å². The third kappa shape index (κ3) is 2.67. The van der Waals surface area contributed by atoms with E-state index in [0.29, 0.717) is 27.9 Å². The maximum Gasteiger partial charge on any atom is 0.205 e. The third-order valence-corrected chi connectivity index (χ3v) is 4.69. The number of imidazole rings is 1. The molecule has 4 heterocycles. The normalized spacial score (nSPS) is 18.7. The molecule has 1 aliphatic rings. The second-order valence-electron chi connectivity index (χ2n) is 5.94. The van der Waals surface area contributed by atoms with Crippen LogP contribution in [0.5, 0.6) is 0 Å². The van der Waals surface area contributed by atoms with E-state index in [0.717, 1.165) is 25.0 Å². The first kappa shape index (κ1) is 14.5. The largest absolute Gasteiger partial charge is 0.461 e. The lowest BCUT2D eigenvalue weighted by atomic mass is 9.96. The summed E-state index contributed by atoms with van der Waals surface area (Å²) in [5.74, 6) is 2.60. The zero-order valence-electron chi connectivity index (χ0n) is 12.9. The van der Waals surface area contributed by atoms with Crippen LogP contribution >= 0.6 is 11.6 Å². The van der Waals surface area contributed by atoms with Crippen molar-refractivity contribution in [3.63, 3.8) is 0 Å². The van der Waals surface area contributed by atoms with E-state index in [-0.39, 0.29) is 0 Å². The minimum absolute atomic E-state index is 0.341. The van der Waals surface area contributed by atoms with Crippen molar-refractivity contribution in [2.75, 3.05) is 18.0 Å². The van der Waals surface area contributed by atoms with Gasteiger partial charge in [0.05, 0.1) is 6.26 Å². The van der Waals surface area contributed by atoms with Crippen LogP contribution in [0.3, 0.4) is 0 Å². The molecule has 120 valence electrons. The summed E-state index contributed by atoms with van der Waals surface area (Å²) in [7, 11) is 0. The molecule has 0 radical (unpaired) electrons. The monoisotopic (exact) mass is 331 g/mol. The lowest BCUT2D eigenvalue weighted by Crippen LogP contribution is -2.35. The van der Waals surface area contributed by atoms with Crippen LogP contribution in [0.1, 0.15) is 26.2 Å². The standard InChI is InChI=1S/C16H18ClN5O/c1-2-10-5-3-7-22(9-10)16-18-12-13(17)19-14(20-15(12)21-16)11-6-4-8-23-11/h4,6,8,10H,2-3,5,7,9H2,1H3,(H,18,19,20,21). The quantitative estimate of drug-likeness (QED) is 0.737. The van der Waals surface area contributed by atoms with E-state index in [9.17, 15) is 0 Å². The number of halogens is 1. The van der Waals surface area contributed by atoms with E-state index in [2.05, 4.69) is 31.8 Å². The summed E-state index contributed by atoms with van der Waals surface area (Å²) in [5, 5.41) is 0.341. The van der Waals surface area contributed by atoms with Crippen molar-refractivity contribution < 1.29 is 4.42 Å². The number of nitrogens with one attached hydrogen (secondary N) is 1. The van der Waals surface area contributed by atoms with E-state index in [4.69, 9.17) is 16.0 Å². The Morgan fingerprint density at radius 1 is 1.39 bits per heavy atom. The predicted molar refractivity (Wildman–Crippen MR) is 89.6 cm³/mol. The van der Waals surface area contributed by atoms with Crippen molar-refractivity contribution in [2.45, 2.75) is 26.2 Å². The summed E-state index contributed by atoms with van der Waals surface area (Å²) in [6.45, 7) is 4.27. The van der Waals surface area contributed by atoms with Crippen LogP contribution in [0.15, 0.2) is 22.8 Å². The molecule has 0 spiro atoms. The summed E-state index contributed by atoms with van der Waals surface area (Å²) in [4.78, 5) is 19.0. The van der Waals surface area contributed by atoms with Crippen molar-refractivity contribution in [2.24, 2.45) is 5.92 Å². The smallest absolute Gasteiger partial charge is 0.205 e. The zero-order valence-corrected chi connectivity index (χ0v) is 13.7. The van der Waals surface area contributed by atoms with Gasteiger partial charge in [-0.25, -0.2) is 15.0 Å². The van der Waals surface area contributed by atoms with Crippen molar-refractivity contribution in [3.8, 4) is 11.6 Å². The lowest BCUT2D eigenvalue weighted by Gasteiger charge is -2.31. The first-order valence-corrected chi connectivity index (χ1v) is 8.34. The van der Waals surface area contributed by atoms with E-state index in [1.807, 2.05) is 6.07 Å².